The third-order valence-electron chi connectivity index (χ3n) is 4.62. The Kier molecular flexibility index (Phi) is 4.08. The summed E-state index contributed by atoms with van der Waals surface area (Å²) in [5.74, 6) is 2.15. The molecule has 0 amide bonds. The smallest absolute Gasteiger partial charge is 0.307 e. The maximum Gasteiger partial charge on any atom is 0.307 e. The molecule has 0 radical (unpaired) electrons. The van der Waals surface area contributed by atoms with E-state index >= 15 is 0 Å². The first-order chi connectivity index (χ1) is 8.06. The Morgan fingerprint density at radius 3 is 2.24 bits per heavy atom. The lowest BCUT2D eigenvalue weighted by atomic mass is 9.69. The van der Waals surface area contributed by atoms with Gasteiger partial charge in [-0.15, -0.1) is 0 Å². The van der Waals surface area contributed by atoms with Gasteiger partial charge in [-0.3, -0.25) is 4.79 Å². The number of hydrogen-bond donors (Lipinski definition) is 2. The standard InChI is InChI=1S/C14H25NO2/c1-9-3-10(2)5-11(4-9)12-6-13(14(16)17)8-15-7-12/h9-13,15H,3-8H2,1-2H3,(H,16,17). The minimum absolute atomic E-state index is 0.165. The average molecular weight is 239 g/mol. The molecule has 0 aromatic rings. The summed E-state index contributed by atoms with van der Waals surface area (Å²) in [5, 5.41) is 12.4. The third kappa shape index (κ3) is 3.21. The minimum Gasteiger partial charge on any atom is -0.481 e. The average Bonchev–Trinajstić information content (AvgIpc) is 2.28. The zero-order chi connectivity index (χ0) is 12.4. The Hall–Kier alpha value is -0.570. The Labute approximate surface area is 104 Å². The van der Waals surface area contributed by atoms with Crippen LogP contribution in [0.2, 0.25) is 0 Å². The van der Waals surface area contributed by atoms with Crippen molar-refractivity contribution in [3.8, 4) is 0 Å². The van der Waals surface area contributed by atoms with Gasteiger partial charge in [0, 0.05) is 6.54 Å². The summed E-state index contributed by atoms with van der Waals surface area (Å²) in [4.78, 5) is 11.1. The lowest BCUT2D eigenvalue weighted by molar-refractivity contribution is -0.143. The molecule has 3 nitrogen and oxygen atoms in total. The molecule has 3 heteroatoms. The van der Waals surface area contributed by atoms with E-state index in [9.17, 15) is 4.79 Å². The van der Waals surface area contributed by atoms with E-state index in [4.69, 9.17) is 5.11 Å². The second kappa shape index (κ2) is 5.38. The van der Waals surface area contributed by atoms with Gasteiger partial charge in [-0.1, -0.05) is 13.8 Å². The first-order valence-electron chi connectivity index (χ1n) is 6.99. The highest BCUT2D eigenvalue weighted by molar-refractivity contribution is 5.70. The van der Waals surface area contributed by atoms with Crippen molar-refractivity contribution in [2.45, 2.75) is 39.5 Å². The van der Waals surface area contributed by atoms with Gasteiger partial charge in [0.05, 0.1) is 5.92 Å². The Morgan fingerprint density at radius 1 is 1.00 bits per heavy atom. The highest BCUT2D eigenvalue weighted by atomic mass is 16.4. The van der Waals surface area contributed by atoms with E-state index < -0.39 is 5.97 Å². The van der Waals surface area contributed by atoms with Crippen molar-refractivity contribution >= 4 is 5.97 Å². The summed E-state index contributed by atoms with van der Waals surface area (Å²) < 4.78 is 0. The fourth-order valence-corrected chi connectivity index (χ4v) is 3.92. The number of piperidine rings is 1. The largest absolute Gasteiger partial charge is 0.481 e. The van der Waals surface area contributed by atoms with Crippen LogP contribution in [0.25, 0.3) is 0 Å². The maximum absolute atomic E-state index is 11.1. The summed E-state index contributed by atoms with van der Waals surface area (Å²) in [6, 6.07) is 0. The van der Waals surface area contributed by atoms with Gasteiger partial charge in [0.15, 0.2) is 0 Å². The third-order valence-corrected chi connectivity index (χ3v) is 4.62. The number of carbonyl (C=O) groups is 1. The number of aliphatic carboxylic acids is 1. The van der Waals surface area contributed by atoms with E-state index in [0.29, 0.717) is 12.5 Å². The number of hydrogen-bond acceptors (Lipinski definition) is 2. The fraction of sp³-hybridized carbons (Fsp3) is 0.929. The molecule has 1 heterocycles. The molecule has 0 bridgehead atoms. The van der Waals surface area contributed by atoms with E-state index in [1.54, 1.807) is 0 Å². The van der Waals surface area contributed by atoms with Gasteiger partial charge in [-0.2, -0.15) is 0 Å². The molecule has 1 aliphatic heterocycles. The van der Waals surface area contributed by atoms with E-state index in [-0.39, 0.29) is 5.92 Å². The topological polar surface area (TPSA) is 49.3 Å². The predicted molar refractivity (Wildman–Crippen MR) is 67.8 cm³/mol. The molecule has 4 unspecified atom stereocenters. The van der Waals surface area contributed by atoms with E-state index in [1.165, 1.54) is 19.3 Å². The monoisotopic (exact) mass is 239 g/mol. The normalized spacial score (nSPS) is 43.3. The SMILES string of the molecule is CC1CC(C)CC(C2CNCC(C(=O)O)C2)C1. The molecule has 1 saturated carbocycles. The van der Waals surface area contributed by atoms with Gasteiger partial charge in [0.2, 0.25) is 0 Å². The van der Waals surface area contributed by atoms with Gasteiger partial charge in [-0.05, 0) is 55.9 Å². The lowest BCUT2D eigenvalue weighted by Crippen LogP contribution is -2.43. The van der Waals surface area contributed by atoms with Crippen molar-refractivity contribution < 1.29 is 9.90 Å². The van der Waals surface area contributed by atoms with Crippen LogP contribution in [0.1, 0.15) is 39.5 Å². The second-order valence-electron chi connectivity index (χ2n) is 6.37. The molecule has 1 aliphatic carbocycles. The van der Waals surface area contributed by atoms with Crippen LogP contribution in [0.15, 0.2) is 0 Å². The first-order valence-corrected chi connectivity index (χ1v) is 6.99. The Morgan fingerprint density at radius 2 is 1.65 bits per heavy atom. The summed E-state index contributed by atoms with van der Waals surface area (Å²) in [6.45, 7) is 6.36. The predicted octanol–water partition coefficient (Wildman–Crippen LogP) is 2.37. The molecule has 98 valence electrons. The molecule has 1 saturated heterocycles. The molecule has 17 heavy (non-hydrogen) atoms. The summed E-state index contributed by atoms with van der Waals surface area (Å²) in [5.41, 5.74) is 0. The van der Waals surface area contributed by atoms with Crippen LogP contribution in [0.3, 0.4) is 0 Å². The summed E-state index contributed by atoms with van der Waals surface area (Å²) >= 11 is 0. The van der Waals surface area contributed by atoms with Crippen LogP contribution in [0.5, 0.6) is 0 Å². The van der Waals surface area contributed by atoms with Crippen molar-refractivity contribution in [1.82, 2.24) is 5.32 Å². The van der Waals surface area contributed by atoms with Crippen molar-refractivity contribution in [3.63, 3.8) is 0 Å². The van der Waals surface area contributed by atoms with Gasteiger partial charge in [0.25, 0.3) is 0 Å². The fourth-order valence-electron chi connectivity index (χ4n) is 3.92. The van der Waals surface area contributed by atoms with Crippen LogP contribution in [-0.2, 0) is 4.79 Å². The Balaban J connectivity index is 1.94. The summed E-state index contributed by atoms with van der Waals surface area (Å²) in [7, 11) is 0. The number of carboxylic acid groups (broad SMARTS) is 1. The molecule has 2 aliphatic rings. The van der Waals surface area contributed by atoms with Crippen LogP contribution in [0, 0.1) is 29.6 Å². The lowest BCUT2D eigenvalue weighted by Gasteiger charge is -2.39. The minimum atomic E-state index is -0.626. The highest BCUT2D eigenvalue weighted by Gasteiger charge is 2.35. The number of rotatable bonds is 2. The zero-order valence-electron chi connectivity index (χ0n) is 11.0. The van der Waals surface area contributed by atoms with Crippen LogP contribution < -0.4 is 5.32 Å². The molecule has 4 atom stereocenters. The molecular formula is C14H25NO2. The van der Waals surface area contributed by atoms with E-state index in [2.05, 4.69) is 19.2 Å². The number of nitrogens with one attached hydrogen (secondary N) is 1. The maximum atomic E-state index is 11.1. The summed E-state index contributed by atoms with van der Waals surface area (Å²) in [6.07, 6.45) is 4.82. The Bertz CT molecular complexity index is 269. The van der Waals surface area contributed by atoms with Crippen LogP contribution >= 0.6 is 0 Å². The van der Waals surface area contributed by atoms with Crippen molar-refractivity contribution in [2.75, 3.05) is 13.1 Å². The van der Waals surface area contributed by atoms with Crippen LogP contribution in [-0.4, -0.2) is 24.2 Å². The van der Waals surface area contributed by atoms with Crippen molar-refractivity contribution in [1.29, 1.82) is 0 Å². The van der Waals surface area contributed by atoms with Gasteiger partial charge in [-0.25, -0.2) is 0 Å². The van der Waals surface area contributed by atoms with E-state index in [1.807, 2.05) is 0 Å². The quantitative estimate of drug-likeness (QED) is 0.778. The van der Waals surface area contributed by atoms with Crippen LogP contribution in [0.4, 0.5) is 0 Å². The molecule has 0 aromatic carbocycles. The zero-order valence-corrected chi connectivity index (χ0v) is 11.0. The second-order valence-corrected chi connectivity index (χ2v) is 6.37. The molecule has 2 N–H and O–H groups in total. The van der Waals surface area contributed by atoms with Gasteiger partial charge >= 0.3 is 5.97 Å². The van der Waals surface area contributed by atoms with Crippen molar-refractivity contribution in [3.05, 3.63) is 0 Å². The van der Waals surface area contributed by atoms with E-state index in [0.717, 1.165) is 30.7 Å². The van der Waals surface area contributed by atoms with Crippen molar-refractivity contribution in [2.24, 2.45) is 29.6 Å². The number of carboxylic acids is 1. The first kappa shape index (κ1) is 12.9. The molecular weight excluding hydrogens is 214 g/mol. The molecule has 0 spiro atoms. The van der Waals surface area contributed by atoms with Gasteiger partial charge in [0.1, 0.15) is 0 Å². The molecule has 2 rings (SSSR count). The van der Waals surface area contributed by atoms with Gasteiger partial charge < -0.3 is 10.4 Å². The highest BCUT2D eigenvalue weighted by Crippen LogP contribution is 2.39. The molecule has 0 aromatic heterocycles. The molecule has 2 fully saturated rings.